The second-order valence-corrected chi connectivity index (χ2v) is 6.99. The van der Waals surface area contributed by atoms with Gasteiger partial charge in [-0.3, -0.25) is 0 Å². The van der Waals surface area contributed by atoms with Crippen LogP contribution in [0, 0.1) is 5.41 Å². The summed E-state index contributed by atoms with van der Waals surface area (Å²) in [6.07, 6.45) is 7.03. The zero-order valence-electron chi connectivity index (χ0n) is 12.8. The molecule has 0 amide bonds. The van der Waals surface area contributed by atoms with Crippen LogP contribution in [0.5, 0.6) is 0 Å². The number of aliphatic hydroxyl groups is 1. The molecule has 4 nitrogen and oxygen atoms in total. The highest BCUT2D eigenvalue weighted by Gasteiger charge is 2.51. The van der Waals surface area contributed by atoms with Crippen LogP contribution in [0.4, 0.5) is 0 Å². The summed E-state index contributed by atoms with van der Waals surface area (Å²) in [7, 11) is 0. The van der Waals surface area contributed by atoms with Gasteiger partial charge in [-0.2, -0.15) is 5.10 Å². The third kappa shape index (κ3) is 2.69. The predicted octanol–water partition coefficient (Wildman–Crippen LogP) is 3.57. The molecule has 1 saturated carbocycles. The zero-order chi connectivity index (χ0) is 15.8. The molecule has 1 aromatic carbocycles. The first-order chi connectivity index (χ1) is 10.4. The van der Waals surface area contributed by atoms with Crippen molar-refractivity contribution in [2.24, 2.45) is 5.41 Å². The lowest BCUT2D eigenvalue weighted by Crippen LogP contribution is -2.45. The molecule has 1 heterocycles. The third-order valence-electron chi connectivity index (χ3n) is 4.74. The van der Waals surface area contributed by atoms with Crippen LogP contribution >= 0.6 is 11.6 Å². The molecule has 22 heavy (non-hydrogen) atoms. The van der Waals surface area contributed by atoms with E-state index in [0.717, 1.165) is 24.0 Å². The van der Waals surface area contributed by atoms with Gasteiger partial charge in [0, 0.05) is 5.02 Å². The minimum Gasteiger partial charge on any atom is -0.383 e. The lowest BCUT2D eigenvalue weighted by molar-refractivity contribution is -0.0298. The molecule has 1 fully saturated rings. The molecular formula is C17H20ClN3O. The minimum atomic E-state index is -0.930. The fourth-order valence-electron chi connectivity index (χ4n) is 3.11. The van der Waals surface area contributed by atoms with Gasteiger partial charge in [-0.15, -0.1) is 0 Å². The Morgan fingerprint density at radius 3 is 2.68 bits per heavy atom. The molecule has 0 saturated heterocycles. The summed E-state index contributed by atoms with van der Waals surface area (Å²) in [5.41, 5.74) is 0.946. The smallest absolute Gasteiger partial charge is 0.137 e. The Kier molecular flexibility index (Phi) is 3.83. The molecular weight excluding hydrogens is 298 g/mol. The average molecular weight is 318 g/mol. The van der Waals surface area contributed by atoms with Crippen LogP contribution in [0.3, 0.4) is 0 Å². The van der Waals surface area contributed by atoms with Crippen LogP contribution in [0.1, 0.15) is 32.3 Å². The summed E-state index contributed by atoms with van der Waals surface area (Å²) in [6.45, 7) is 4.62. The van der Waals surface area contributed by atoms with Crippen molar-refractivity contribution >= 4 is 17.7 Å². The van der Waals surface area contributed by atoms with Crippen molar-refractivity contribution < 1.29 is 5.11 Å². The highest BCUT2D eigenvalue weighted by Crippen LogP contribution is 2.50. The molecule has 116 valence electrons. The monoisotopic (exact) mass is 317 g/mol. The SMILES string of the molecule is CC1(C)CC/C(=C\c2ccc(Cl)cc2)[C@]1(O)Cn1cncn1. The van der Waals surface area contributed by atoms with Crippen molar-refractivity contribution in [1.29, 1.82) is 0 Å². The van der Waals surface area contributed by atoms with E-state index in [9.17, 15) is 5.11 Å². The second kappa shape index (κ2) is 5.52. The van der Waals surface area contributed by atoms with E-state index in [4.69, 9.17) is 11.6 Å². The number of nitrogens with zero attached hydrogens (tertiary/aromatic N) is 3. The third-order valence-corrected chi connectivity index (χ3v) is 4.99. The summed E-state index contributed by atoms with van der Waals surface area (Å²) in [4.78, 5) is 3.97. The molecule has 5 heteroatoms. The van der Waals surface area contributed by atoms with Crippen LogP contribution in [0.25, 0.3) is 6.08 Å². The fraction of sp³-hybridized carbons (Fsp3) is 0.412. The number of benzene rings is 1. The van der Waals surface area contributed by atoms with Crippen LogP contribution < -0.4 is 0 Å². The first-order valence-corrected chi connectivity index (χ1v) is 7.80. The Balaban J connectivity index is 1.97. The average Bonchev–Trinajstić information content (AvgIpc) is 3.04. The summed E-state index contributed by atoms with van der Waals surface area (Å²) in [6, 6.07) is 7.67. The normalized spacial score (nSPS) is 25.7. The number of hydrogen-bond acceptors (Lipinski definition) is 3. The van der Waals surface area contributed by atoms with Gasteiger partial charge in [-0.1, -0.05) is 43.7 Å². The van der Waals surface area contributed by atoms with Gasteiger partial charge in [-0.05, 0) is 41.5 Å². The summed E-state index contributed by atoms with van der Waals surface area (Å²) >= 11 is 5.94. The van der Waals surface area contributed by atoms with E-state index in [1.165, 1.54) is 6.33 Å². The molecule has 0 radical (unpaired) electrons. The summed E-state index contributed by atoms with van der Waals surface area (Å²) in [5, 5.41) is 16.2. The van der Waals surface area contributed by atoms with Gasteiger partial charge in [0.2, 0.25) is 0 Å². The molecule has 0 bridgehead atoms. The Morgan fingerprint density at radius 1 is 1.32 bits per heavy atom. The summed E-state index contributed by atoms with van der Waals surface area (Å²) in [5.74, 6) is 0. The molecule has 1 atom stereocenters. The van der Waals surface area contributed by atoms with Crippen molar-refractivity contribution in [3.05, 3.63) is 53.1 Å². The summed E-state index contributed by atoms with van der Waals surface area (Å²) < 4.78 is 1.70. The van der Waals surface area contributed by atoms with Crippen molar-refractivity contribution in [3.8, 4) is 0 Å². The van der Waals surface area contributed by atoms with Gasteiger partial charge in [0.1, 0.15) is 18.3 Å². The molecule has 0 unspecified atom stereocenters. The van der Waals surface area contributed by atoms with Gasteiger partial charge in [0.25, 0.3) is 0 Å². The van der Waals surface area contributed by atoms with Gasteiger partial charge in [-0.25, -0.2) is 9.67 Å². The largest absolute Gasteiger partial charge is 0.383 e. The standard InChI is InChI=1S/C17H20ClN3O/c1-16(2)8-7-14(9-13-3-5-15(18)6-4-13)17(16,22)10-21-12-19-11-20-21/h3-6,9,11-12,22H,7-8,10H2,1-2H3/b14-9+/t17-/m1/s1. The van der Waals surface area contributed by atoms with Crippen LogP contribution in [-0.4, -0.2) is 25.5 Å². The molecule has 2 aromatic rings. The predicted molar refractivity (Wildman–Crippen MR) is 87.4 cm³/mol. The number of halogens is 1. The van der Waals surface area contributed by atoms with Crippen molar-refractivity contribution in [2.75, 3.05) is 0 Å². The number of aromatic nitrogens is 3. The van der Waals surface area contributed by atoms with E-state index in [1.807, 2.05) is 24.3 Å². The van der Waals surface area contributed by atoms with Crippen LogP contribution in [0.2, 0.25) is 5.02 Å². The Labute approximate surface area is 135 Å². The lowest BCUT2D eigenvalue weighted by atomic mass is 9.76. The van der Waals surface area contributed by atoms with Crippen molar-refractivity contribution in [3.63, 3.8) is 0 Å². The number of rotatable bonds is 3. The first-order valence-electron chi connectivity index (χ1n) is 7.42. The first kappa shape index (κ1) is 15.3. The highest BCUT2D eigenvalue weighted by atomic mass is 35.5. The maximum atomic E-state index is 11.4. The quantitative estimate of drug-likeness (QED) is 0.941. The Bertz CT molecular complexity index is 676. The second-order valence-electron chi connectivity index (χ2n) is 6.56. The van der Waals surface area contributed by atoms with Crippen molar-refractivity contribution in [1.82, 2.24) is 14.8 Å². The zero-order valence-corrected chi connectivity index (χ0v) is 13.6. The molecule has 0 spiro atoms. The van der Waals surface area contributed by atoms with E-state index >= 15 is 0 Å². The Hall–Kier alpha value is -1.65. The molecule has 1 aliphatic rings. The highest BCUT2D eigenvalue weighted by molar-refractivity contribution is 6.30. The molecule has 1 aromatic heterocycles. The fourth-order valence-corrected chi connectivity index (χ4v) is 3.24. The van der Waals surface area contributed by atoms with Gasteiger partial charge >= 0.3 is 0 Å². The van der Waals surface area contributed by atoms with Crippen LogP contribution in [-0.2, 0) is 6.54 Å². The van der Waals surface area contributed by atoms with Crippen molar-refractivity contribution in [2.45, 2.75) is 38.8 Å². The van der Waals surface area contributed by atoms with E-state index in [-0.39, 0.29) is 5.41 Å². The van der Waals surface area contributed by atoms with Crippen LogP contribution in [0.15, 0.2) is 42.5 Å². The van der Waals surface area contributed by atoms with Gasteiger partial charge in [0.15, 0.2) is 0 Å². The maximum absolute atomic E-state index is 11.4. The van der Waals surface area contributed by atoms with E-state index in [1.54, 1.807) is 11.0 Å². The number of hydrogen-bond donors (Lipinski definition) is 1. The maximum Gasteiger partial charge on any atom is 0.137 e. The molecule has 3 rings (SSSR count). The van der Waals surface area contributed by atoms with Gasteiger partial charge in [0.05, 0.1) is 6.54 Å². The van der Waals surface area contributed by atoms with Gasteiger partial charge < -0.3 is 5.11 Å². The van der Waals surface area contributed by atoms with E-state index < -0.39 is 5.60 Å². The molecule has 0 aliphatic heterocycles. The molecule has 1 aliphatic carbocycles. The minimum absolute atomic E-state index is 0.211. The lowest BCUT2D eigenvalue weighted by Gasteiger charge is -2.37. The van der Waals surface area contributed by atoms with E-state index in [2.05, 4.69) is 30.0 Å². The topological polar surface area (TPSA) is 50.9 Å². The van der Waals surface area contributed by atoms with E-state index in [0.29, 0.717) is 11.6 Å². The molecule has 1 N–H and O–H groups in total. The Morgan fingerprint density at radius 2 is 2.05 bits per heavy atom.